The third-order valence-electron chi connectivity index (χ3n) is 4.14. The maximum atomic E-state index is 12.6. The molecule has 0 unspecified atom stereocenters. The number of carbonyl (C=O) groups is 1. The van der Waals surface area contributed by atoms with Crippen LogP contribution < -0.4 is 5.73 Å². The Morgan fingerprint density at radius 3 is 2.71 bits per heavy atom. The normalized spacial score (nSPS) is 17.1. The molecule has 3 rings (SSSR count). The molecular formula is C16H20N4O. The summed E-state index contributed by atoms with van der Waals surface area (Å²) in [6, 6.07) is 9.24. The molecule has 5 heteroatoms. The zero-order valence-corrected chi connectivity index (χ0v) is 12.4. The minimum atomic E-state index is -0.0906. The number of benzene rings is 1. The second-order valence-electron chi connectivity index (χ2n) is 6.08. The van der Waals surface area contributed by atoms with Gasteiger partial charge in [0.25, 0.3) is 5.91 Å². The van der Waals surface area contributed by atoms with Crippen LogP contribution in [0.3, 0.4) is 0 Å². The van der Waals surface area contributed by atoms with Crippen LogP contribution >= 0.6 is 0 Å². The Hall–Kier alpha value is -2.30. The van der Waals surface area contributed by atoms with Gasteiger partial charge in [-0.3, -0.25) is 4.79 Å². The number of nitrogens with two attached hydrogens (primary N) is 1. The largest absolute Gasteiger partial charge is 0.397 e. The lowest BCUT2D eigenvalue weighted by molar-refractivity contribution is 0.0645. The van der Waals surface area contributed by atoms with Gasteiger partial charge in [0.1, 0.15) is 0 Å². The average molecular weight is 284 g/mol. The second-order valence-corrected chi connectivity index (χ2v) is 6.08. The van der Waals surface area contributed by atoms with Gasteiger partial charge in [-0.15, -0.1) is 0 Å². The molecule has 2 N–H and O–H groups in total. The molecule has 0 radical (unpaired) electrons. The third kappa shape index (κ3) is 2.39. The molecule has 1 aliphatic heterocycles. The zero-order valence-electron chi connectivity index (χ0n) is 12.4. The Morgan fingerprint density at radius 2 is 2.05 bits per heavy atom. The number of para-hydroxylation sites is 2. The maximum absolute atomic E-state index is 12.6. The van der Waals surface area contributed by atoms with Crippen molar-refractivity contribution in [1.82, 2.24) is 14.7 Å². The molecule has 0 aliphatic carbocycles. The van der Waals surface area contributed by atoms with Gasteiger partial charge in [0.05, 0.1) is 11.4 Å². The van der Waals surface area contributed by atoms with Gasteiger partial charge in [-0.2, -0.15) is 5.10 Å². The van der Waals surface area contributed by atoms with E-state index in [0.717, 1.165) is 25.1 Å². The summed E-state index contributed by atoms with van der Waals surface area (Å²) >= 11 is 0. The van der Waals surface area contributed by atoms with E-state index in [0.29, 0.717) is 11.4 Å². The predicted molar refractivity (Wildman–Crippen MR) is 82.3 cm³/mol. The van der Waals surface area contributed by atoms with Crippen LogP contribution in [0.2, 0.25) is 0 Å². The van der Waals surface area contributed by atoms with Gasteiger partial charge in [0.2, 0.25) is 0 Å². The number of hydrogen-bond acceptors (Lipinski definition) is 3. The van der Waals surface area contributed by atoms with Crippen LogP contribution in [0.4, 0.5) is 5.69 Å². The van der Waals surface area contributed by atoms with Gasteiger partial charge in [-0.05, 0) is 44.9 Å². The first-order chi connectivity index (χ1) is 9.99. The molecule has 1 aromatic heterocycles. The van der Waals surface area contributed by atoms with Crippen LogP contribution in [0.5, 0.6) is 0 Å². The first-order valence-electron chi connectivity index (χ1n) is 7.21. The Bertz CT molecular complexity index is 674. The maximum Gasteiger partial charge on any atom is 0.274 e. The Morgan fingerprint density at radius 1 is 1.29 bits per heavy atom. The van der Waals surface area contributed by atoms with Crippen LogP contribution in [0.1, 0.15) is 37.2 Å². The fraction of sp³-hybridized carbons (Fsp3) is 0.375. The van der Waals surface area contributed by atoms with Crippen molar-refractivity contribution in [3.63, 3.8) is 0 Å². The number of aromatic nitrogens is 2. The van der Waals surface area contributed by atoms with E-state index >= 15 is 0 Å². The summed E-state index contributed by atoms with van der Waals surface area (Å²) in [5.74, 6) is -0.00856. The Kier molecular flexibility index (Phi) is 3.20. The standard InChI is InChI=1S/C16H20N4O/c1-16(2)9-5-10-19(16)15(21)13-8-11-20(18-13)14-7-4-3-6-12(14)17/h3-4,6-8,11H,5,9-10,17H2,1-2H3. The van der Waals surface area contributed by atoms with Gasteiger partial charge < -0.3 is 10.6 Å². The first kappa shape index (κ1) is 13.7. The van der Waals surface area contributed by atoms with Crippen molar-refractivity contribution in [2.45, 2.75) is 32.2 Å². The van der Waals surface area contributed by atoms with Crippen molar-refractivity contribution in [3.8, 4) is 5.69 Å². The van der Waals surface area contributed by atoms with E-state index in [1.165, 1.54) is 0 Å². The molecule has 1 saturated heterocycles. The summed E-state index contributed by atoms with van der Waals surface area (Å²) in [5.41, 5.74) is 7.75. The summed E-state index contributed by atoms with van der Waals surface area (Å²) in [7, 11) is 0. The SMILES string of the molecule is CC1(C)CCCN1C(=O)c1ccn(-c2ccccc2N)n1. The van der Waals surface area contributed by atoms with Gasteiger partial charge in [0.15, 0.2) is 5.69 Å². The second kappa shape index (κ2) is 4.91. The van der Waals surface area contributed by atoms with Crippen LogP contribution in [-0.2, 0) is 0 Å². The van der Waals surface area contributed by atoms with Crippen LogP contribution in [0.15, 0.2) is 36.5 Å². The van der Waals surface area contributed by atoms with Gasteiger partial charge in [0, 0.05) is 18.3 Å². The summed E-state index contributed by atoms with van der Waals surface area (Å²) in [5, 5.41) is 4.40. The summed E-state index contributed by atoms with van der Waals surface area (Å²) in [6.07, 6.45) is 3.86. The lowest BCUT2D eigenvalue weighted by atomic mass is 10.0. The fourth-order valence-corrected chi connectivity index (χ4v) is 2.89. The number of nitrogens with zero attached hydrogens (tertiary/aromatic N) is 3. The molecule has 0 saturated carbocycles. The van der Waals surface area contributed by atoms with E-state index in [9.17, 15) is 4.79 Å². The van der Waals surface area contributed by atoms with Crippen molar-refractivity contribution in [2.75, 3.05) is 12.3 Å². The highest BCUT2D eigenvalue weighted by atomic mass is 16.2. The van der Waals surface area contributed by atoms with E-state index in [4.69, 9.17) is 5.73 Å². The molecule has 2 aromatic rings. The van der Waals surface area contributed by atoms with Crippen molar-refractivity contribution in [2.24, 2.45) is 0 Å². The van der Waals surface area contributed by atoms with Crippen molar-refractivity contribution >= 4 is 11.6 Å². The third-order valence-corrected chi connectivity index (χ3v) is 4.14. The van der Waals surface area contributed by atoms with E-state index in [1.54, 1.807) is 16.9 Å². The fourth-order valence-electron chi connectivity index (χ4n) is 2.89. The lowest BCUT2D eigenvalue weighted by Crippen LogP contribution is -2.42. The predicted octanol–water partition coefficient (Wildman–Crippen LogP) is 2.47. The summed E-state index contributed by atoms with van der Waals surface area (Å²) < 4.78 is 1.66. The molecule has 2 heterocycles. The van der Waals surface area contributed by atoms with Crippen molar-refractivity contribution < 1.29 is 4.79 Å². The number of rotatable bonds is 2. The molecule has 1 amide bonds. The minimum absolute atomic E-state index is 0.00856. The zero-order chi connectivity index (χ0) is 15.0. The molecule has 1 fully saturated rings. The smallest absolute Gasteiger partial charge is 0.274 e. The monoisotopic (exact) mass is 284 g/mol. The number of carbonyl (C=O) groups excluding carboxylic acids is 1. The first-order valence-corrected chi connectivity index (χ1v) is 7.21. The highest BCUT2D eigenvalue weighted by Gasteiger charge is 2.36. The van der Waals surface area contributed by atoms with Crippen molar-refractivity contribution in [3.05, 3.63) is 42.2 Å². The number of likely N-dealkylation sites (tertiary alicyclic amines) is 1. The number of anilines is 1. The van der Waals surface area contributed by atoms with E-state index in [2.05, 4.69) is 18.9 Å². The van der Waals surface area contributed by atoms with E-state index in [1.807, 2.05) is 29.2 Å². The van der Waals surface area contributed by atoms with E-state index < -0.39 is 0 Å². The number of nitrogen functional groups attached to an aromatic ring is 1. The highest BCUT2D eigenvalue weighted by Crippen LogP contribution is 2.29. The molecule has 110 valence electrons. The summed E-state index contributed by atoms with van der Waals surface area (Å²) in [6.45, 7) is 5.00. The van der Waals surface area contributed by atoms with Gasteiger partial charge in [-0.1, -0.05) is 12.1 Å². The van der Waals surface area contributed by atoms with Gasteiger partial charge >= 0.3 is 0 Å². The molecule has 1 aromatic carbocycles. The Balaban J connectivity index is 1.89. The van der Waals surface area contributed by atoms with Crippen LogP contribution in [-0.4, -0.2) is 32.7 Å². The van der Waals surface area contributed by atoms with Crippen LogP contribution in [0, 0.1) is 0 Å². The molecule has 21 heavy (non-hydrogen) atoms. The van der Waals surface area contributed by atoms with Crippen LogP contribution in [0.25, 0.3) is 5.69 Å². The molecule has 0 atom stereocenters. The van der Waals surface area contributed by atoms with Crippen molar-refractivity contribution in [1.29, 1.82) is 0 Å². The van der Waals surface area contributed by atoms with Gasteiger partial charge in [-0.25, -0.2) is 4.68 Å². The number of hydrogen-bond donors (Lipinski definition) is 1. The average Bonchev–Trinajstić information content (AvgIpc) is 3.05. The molecule has 0 spiro atoms. The summed E-state index contributed by atoms with van der Waals surface area (Å²) in [4.78, 5) is 14.5. The lowest BCUT2D eigenvalue weighted by Gasteiger charge is -2.30. The quantitative estimate of drug-likeness (QED) is 0.862. The minimum Gasteiger partial charge on any atom is -0.397 e. The molecular weight excluding hydrogens is 264 g/mol. The molecule has 1 aliphatic rings. The Labute approximate surface area is 124 Å². The topological polar surface area (TPSA) is 64.2 Å². The van der Waals surface area contributed by atoms with E-state index in [-0.39, 0.29) is 11.4 Å². The molecule has 0 bridgehead atoms. The number of amides is 1. The molecule has 5 nitrogen and oxygen atoms in total. The highest BCUT2D eigenvalue weighted by molar-refractivity contribution is 5.93.